The third kappa shape index (κ3) is 6.70. The number of carbonyl (C=O) groups is 4. The second kappa shape index (κ2) is 14.3. The molecule has 4 aromatic heterocycles. The number of H-pyrrole nitrogens is 4. The second-order valence-corrected chi connectivity index (χ2v) is 12.4. The largest absolute Gasteiger partial charge is 0.481 e. The summed E-state index contributed by atoms with van der Waals surface area (Å²) in [6, 6.07) is 0. The number of Topliss-reactive ketones (excluding diaryl/α,β-unsaturated/α-hetero) is 1. The van der Waals surface area contributed by atoms with E-state index in [1.807, 2.05) is 45.9 Å². The van der Waals surface area contributed by atoms with Crippen molar-refractivity contribution < 1.29 is 29.4 Å². The summed E-state index contributed by atoms with van der Waals surface area (Å²) in [5.41, 5.74) is 14.8. The topological polar surface area (TPSA) is 210 Å². The predicted molar refractivity (Wildman–Crippen MR) is 193 cm³/mol. The maximum absolute atomic E-state index is 14.1. The lowest BCUT2D eigenvalue weighted by Gasteiger charge is -2.09. The van der Waals surface area contributed by atoms with Crippen molar-refractivity contribution in [3.63, 3.8) is 0 Å². The molecule has 5 heterocycles. The Morgan fingerprint density at radius 1 is 0.720 bits per heavy atom. The van der Waals surface area contributed by atoms with Crippen LogP contribution >= 0.6 is 0 Å². The van der Waals surface area contributed by atoms with Gasteiger partial charge in [0.25, 0.3) is 0 Å². The van der Waals surface area contributed by atoms with Crippen molar-refractivity contribution in [2.75, 3.05) is 13.1 Å². The van der Waals surface area contributed by atoms with Crippen LogP contribution in [0.1, 0.15) is 80.1 Å². The summed E-state index contributed by atoms with van der Waals surface area (Å²) in [5, 5.41) is 24.3. The van der Waals surface area contributed by atoms with Crippen LogP contribution in [0.2, 0.25) is 0 Å². The Balaban J connectivity index is 1.97. The van der Waals surface area contributed by atoms with Gasteiger partial charge < -0.3 is 41.2 Å². The molecular formula is C38H42N6O6. The van der Waals surface area contributed by atoms with Gasteiger partial charge in [0.15, 0.2) is 5.78 Å². The number of carboxylic acid groups (broad SMARTS) is 2. The third-order valence-electron chi connectivity index (χ3n) is 9.43. The van der Waals surface area contributed by atoms with Crippen LogP contribution in [0.4, 0.5) is 0 Å². The highest BCUT2D eigenvalue weighted by Gasteiger charge is 2.24. The Kier molecular flexibility index (Phi) is 10.1. The average Bonchev–Trinajstić information content (AvgIpc) is 3.74. The second-order valence-electron chi connectivity index (χ2n) is 12.4. The van der Waals surface area contributed by atoms with Crippen molar-refractivity contribution in [1.29, 1.82) is 0 Å². The zero-order valence-corrected chi connectivity index (χ0v) is 28.6. The number of ketones is 1. The molecule has 0 radical (unpaired) electrons. The van der Waals surface area contributed by atoms with Crippen molar-refractivity contribution in [2.45, 2.75) is 53.4 Å². The summed E-state index contributed by atoms with van der Waals surface area (Å²) < 4.78 is 0. The minimum absolute atomic E-state index is 0.0837. The molecule has 0 fully saturated rings. The smallest absolute Gasteiger partial charge is 0.303 e. The lowest BCUT2D eigenvalue weighted by atomic mass is 9.99. The van der Waals surface area contributed by atoms with Gasteiger partial charge >= 0.3 is 11.9 Å². The minimum atomic E-state index is -0.927. The SMILES string of the molecule is C=Cc1c2[nH]c(c1C)C(C(=O)CNC(=O)CN)=c1[nH]c(c(C)c1C=C)=Cc1[nH]c(c(CCC(=O)O)c1C)C=c1[nH]c(c(C)c1CCC(=O)O)=C2. The Morgan fingerprint density at radius 3 is 1.94 bits per heavy atom. The predicted octanol–water partition coefficient (Wildman–Crippen LogP) is 1.20. The molecule has 12 heteroatoms. The fraction of sp³-hybridized carbons (Fsp3) is 0.263. The van der Waals surface area contributed by atoms with Crippen LogP contribution in [0.25, 0.3) is 36.0 Å². The first-order chi connectivity index (χ1) is 23.8. The molecule has 9 N–H and O–H groups in total. The summed E-state index contributed by atoms with van der Waals surface area (Å²) in [6.45, 7) is 15.2. The molecule has 4 aromatic rings. The molecule has 50 heavy (non-hydrogen) atoms. The number of carboxylic acids is 2. The lowest BCUT2D eigenvalue weighted by Crippen LogP contribution is -2.36. The number of fused-ring (bicyclic) bond motifs is 8. The highest BCUT2D eigenvalue weighted by atomic mass is 16.4. The first-order valence-electron chi connectivity index (χ1n) is 16.3. The summed E-state index contributed by atoms with van der Waals surface area (Å²) in [7, 11) is 0. The van der Waals surface area contributed by atoms with Crippen molar-refractivity contribution >= 4 is 59.6 Å². The molecule has 0 spiro atoms. The molecule has 0 aromatic carbocycles. The lowest BCUT2D eigenvalue weighted by molar-refractivity contribution is -0.138. The molecule has 1 amide bonds. The fourth-order valence-electron chi connectivity index (χ4n) is 6.66. The molecule has 0 saturated heterocycles. The molecular weight excluding hydrogens is 636 g/mol. The Bertz CT molecular complexity index is 2340. The van der Waals surface area contributed by atoms with Gasteiger partial charge in [-0.25, -0.2) is 0 Å². The summed E-state index contributed by atoms with van der Waals surface area (Å²) >= 11 is 0. The fourth-order valence-corrected chi connectivity index (χ4v) is 6.66. The molecule has 260 valence electrons. The summed E-state index contributed by atoms with van der Waals surface area (Å²) in [6.07, 6.45) is 9.48. The monoisotopic (exact) mass is 678 g/mol. The van der Waals surface area contributed by atoms with E-state index in [-0.39, 0.29) is 44.6 Å². The molecule has 12 nitrogen and oxygen atoms in total. The van der Waals surface area contributed by atoms with Gasteiger partial charge in [-0.2, -0.15) is 0 Å². The zero-order chi connectivity index (χ0) is 36.4. The molecule has 0 saturated carbocycles. The van der Waals surface area contributed by atoms with Gasteiger partial charge in [0.05, 0.1) is 29.7 Å². The molecule has 0 aliphatic carbocycles. The van der Waals surface area contributed by atoms with Crippen LogP contribution in [0, 0.1) is 27.7 Å². The molecule has 1 aliphatic heterocycles. The summed E-state index contributed by atoms with van der Waals surface area (Å²) in [5.74, 6) is -2.69. The Hall–Kier alpha value is -5.88. The molecule has 8 bridgehead atoms. The van der Waals surface area contributed by atoms with E-state index < -0.39 is 17.8 Å². The Labute approximate surface area is 287 Å². The molecule has 5 rings (SSSR count). The van der Waals surface area contributed by atoms with E-state index in [1.165, 1.54) is 0 Å². The number of amides is 1. The van der Waals surface area contributed by atoms with E-state index in [1.54, 1.807) is 12.2 Å². The van der Waals surface area contributed by atoms with Crippen LogP contribution in [0.3, 0.4) is 0 Å². The van der Waals surface area contributed by atoms with Crippen LogP contribution < -0.4 is 32.4 Å². The highest BCUT2D eigenvalue weighted by Crippen LogP contribution is 2.27. The molecule has 1 aliphatic rings. The van der Waals surface area contributed by atoms with Gasteiger partial charge in [0.1, 0.15) is 0 Å². The number of nitrogens with one attached hydrogen (secondary N) is 5. The van der Waals surface area contributed by atoms with Gasteiger partial charge in [-0.3, -0.25) is 19.2 Å². The van der Waals surface area contributed by atoms with Crippen LogP contribution in [-0.2, 0) is 32.0 Å². The zero-order valence-electron chi connectivity index (χ0n) is 28.6. The van der Waals surface area contributed by atoms with Crippen molar-refractivity contribution in [2.24, 2.45) is 5.73 Å². The van der Waals surface area contributed by atoms with Gasteiger partial charge in [-0.1, -0.05) is 25.3 Å². The van der Waals surface area contributed by atoms with E-state index in [9.17, 15) is 29.4 Å². The van der Waals surface area contributed by atoms with Gasteiger partial charge in [-0.05, 0) is 92.1 Å². The average molecular weight is 679 g/mol. The van der Waals surface area contributed by atoms with Crippen LogP contribution in [0.15, 0.2) is 13.2 Å². The van der Waals surface area contributed by atoms with E-state index in [0.717, 1.165) is 50.0 Å². The standard InChI is InChI=1S/C38H42N6O6/c1-7-22-21(6)37-36(32(45)17-40-33(46)16-39)38-23(8-2)18(3)28(43-38)13-26-19(4)24(9-11-34(47)48)30(41-26)15-31-25(10-12-35(49)50)20(5)27(42-31)14-29(22)44-37/h7-8,13-15,41-44H,1-2,9-12,16-17,39H2,3-6H3,(H,40,46)(H,47,48)(H,49,50). The number of aromatic amines is 4. The number of hydrogen-bond donors (Lipinski definition) is 8. The van der Waals surface area contributed by atoms with E-state index in [0.29, 0.717) is 44.3 Å². The third-order valence-corrected chi connectivity index (χ3v) is 9.43. The summed E-state index contributed by atoms with van der Waals surface area (Å²) in [4.78, 5) is 63.4. The number of rotatable bonds is 12. The highest BCUT2D eigenvalue weighted by molar-refractivity contribution is 6.22. The Morgan fingerprint density at radius 2 is 1.32 bits per heavy atom. The number of aliphatic carboxylic acids is 2. The van der Waals surface area contributed by atoms with Crippen molar-refractivity contribution in [3.8, 4) is 0 Å². The quantitative estimate of drug-likeness (QED) is 0.110. The number of hydrogen-bond acceptors (Lipinski definition) is 5. The first kappa shape index (κ1) is 35.4. The maximum Gasteiger partial charge on any atom is 0.303 e. The number of aromatic nitrogens is 4. The van der Waals surface area contributed by atoms with Gasteiger partial charge in [0.2, 0.25) is 5.91 Å². The normalized spacial score (nSPS) is 12.1. The maximum atomic E-state index is 14.1. The van der Waals surface area contributed by atoms with Crippen LogP contribution in [-0.4, -0.2) is 66.9 Å². The number of carbonyl (C=O) groups excluding carboxylic acids is 2. The minimum Gasteiger partial charge on any atom is -0.481 e. The van der Waals surface area contributed by atoms with E-state index in [4.69, 9.17) is 5.73 Å². The molecule has 0 unspecified atom stereocenters. The number of nitrogens with two attached hydrogens (primary N) is 1. The van der Waals surface area contributed by atoms with E-state index in [2.05, 4.69) is 38.4 Å². The first-order valence-corrected chi connectivity index (χ1v) is 16.3. The van der Waals surface area contributed by atoms with Gasteiger partial charge in [0, 0.05) is 57.1 Å². The van der Waals surface area contributed by atoms with Crippen LogP contribution in [0.5, 0.6) is 0 Å². The molecule has 0 atom stereocenters. The van der Waals surface area contributed by atoms with E-state index >= 15 is 0 Å². The van der Waals surface area contributed by atoms with Crippen molar-refractivity contribution in [1.82, 2.24) is 25.3 Å². The van der Waals surface area contributed by atoms with Crippen molar-refractivity contribution in [3.05, 3.63) is 102 Å². The van der Waals surface area contributed by atoms with Gasteiger partial charge in [-0.15, -0.1) is 0 Å².